The molecule has 0 saturated heterocycles. The summed E-state index contributed by atoms with van der Waals surface area (Å²) >= 11 is 1.69. The number of rotatable bonds is 6. The maximum Gasteiger partial charge on any atom is 0.0984 e. The van der Waals surface area contributed by atoms with Crippen molar-refractivity contribution in [3.05, 3.63) is 48.2 Å². The van der Waals surface area contributed by atoms with Crippen molar-refractivity contribution in [1.29, 1.82) is 0 Å². The normalized spacial score (nSPS) is 28.8. The molecule has 1 fully saturated rings. The Balaban J connectivity index is 1.81. The zero-order chi connectivity index (χ0) is 18.7. The number of benzene rings is 1. The van der Waals surface area contributed by atoms with Gasteiger partial charge in [0.2, 0.25) is 0 Å². The van der Waals surface area contributed by atoms with Gasteiger partial charge in [0.05, 0.1) is 23.6 Å². The molecule has 1 aliphatic carbocycles. The molecule has 1 saturated carbocycles. The van der Waals surface area contributed by atoms with Gasteiger partial charge in [-0.3, -0.25) is 0 Å². The Morgan fingerprint density at radius 3 is 3.00 bits per heavy atom. The third-order valence-electron chi connectivity index (χ3n) is 5.54. The van der Waals surface area contributed by atoms with Crippen LogP contribution >= 0.6 is 11.9 Å². The molecule has 0 radical (unpaired) electrons. The van der Waals surface area contributed by atoms with Crippen LogP contribution in [-0.4, -0.2) is 11.8 Å². The van der Waals surface area contributed by atoms with E-state index in [9.17, 15) is 0 Å². The van der Waals surface area contributed by atoms with Crippen LogP contribution in [0.3, 0.4) is 0 Å². The SMILES string of the molecule is C=COC1CCC(C(/C=C(/N)c2ccc3c(c2)C(C)(CC)NS3)=N/N)C1. The molecule has 3 rings (SSSR count). The van der Waals surface area contributed by atoms with Gasteiger partial charge in [0.1, 0.15) is 0 Å². The van der Waals surface area contributed by atoms with E-state index < -0.39 is 0 Å². The number of hydrogen-bond acceptors (Lipinski definition) is 6. The number of allylic oxidation sites excluding steroid dienone is 1. The molecule has 0 bridgehead atoms. The van der Waals surface area contributed by atoms with E-state index in [4.69, 9.17) is 16.3 Å². The van der Waals surface area contributed by atoms with E-state index in [1.165, 1.54) is 16.7 Å². The number of hydrogen-bond donors (Lipinski definition) is 3. The highest BCUT2D eigenvalue weighted by atomic mass is 32.2. The highest BCUT2D eigenvalue weighted by molar-refractivity contribution is 7.97. The van der Waals surface area contributed by atoms with Gasteiger partial charge in [-0.25, -0.2) is 4.72 Å². The van der Waals surface area contributed by atoms with Crippen molar-refractivity contribution in [2.75, 3.05) is 0 Å². The second-order valence-electron chi connectivity index (χ2n) is 7.19. The van der Waals surface area contributed by atoms with E-state index >= 15 is 0 Å². The first kappa shape index (κ1) is 18.9. The van der Waals surface area contributed by atoms with Gasteiger partial charge in [0.15, 0.2) is 0 Å². The minimum Gasteiger partial charge on any atom is -0.499 e. The highest BCUT2D eigenvalue weighted by Gasteiger charge is 2.33. The molecule has 5 N–H and O–H groups in total. The number of nitrogens with one attached hydrogen (secondary N) is 1. The molecule has 6 heteroatoms. The Labute approximate surface area is 160 Å². The Morgan fingerprint density at radius 2 is 2.31 bits per heavy atom. The van der Waals surface area contributed by atoms with Crippen molar-refractivity contribution in [1.82, 2.24) is 4.72 Å². The first-order chi connectivity index (χ1) is 12.5. The van der Waals surface area contributed by atoms with Crippen LogP contribution in [0, 0.1) is 5.92 Å². The molecule has 0 spiro atoms. The lowest BCUT2D eigenvalue weighted by molar-refractivity contribution is 0.150. The summed E-state index contributed by atoms with van der Waals surface area (Å²) < 4.78 is 9.03. The average molecular weight is 373 g/mol. The van der Waals surface area contributed by atoms with E-state index in [0.717, 1.165) is 37.0 Å². The highest BCUT2D eigenvalue weighted by Crippen LogP contribution is 2.42. The summed E-state index contributed by atoms with van der Waals surface area (Å²) in [5.41, 5.74) is 10.2. The Kier molecular flexibility index (Phi) is 5.63. The minimum atomic E-state index is -0.0260. The van der Waals surface area contributed by atoms with E-state index in [0.29, 0.717) is 5.70 Å². The first-order valence-electron chi connectivity index (χ1n) is 9.11. The van der Waals surface area contributed by atoms with E-state index in [1.54, 1.807) is 11.9 Å². The fraction of sp³-hybridized carbons (Fsp3) is 0.450. The van der Waals surface area contributed by atoms with Gasteiger partial charge in [-0.15, -0.1) is 0 Å². The van der Waals surface area contributed by atoms with E-state index in [1.807, 2.05) is 6.08 Å². The molecule has 5 nitrogen and oxygen atoms in total. The second kappa shape index (κ2) is 7.76. The van der Waals surface area contributed by atoms with Gasteiger partial charge in [0, 0.05) is 16.5 Å². The van der Waals surface area contributed by atoms with Crippen LogP contribution in [0.15, 0.2) is 47.1 Å². The van der Waals surface area contributed by atoms with Crippen LogP contribution in [0.4, 0.5) is 0 Å². The quantitative estimate of drug-likeness (QED) is 0.232. The average Bonchev–Trinajstić information content (AvgIpc) is 3.25. The van der Waals surface area contributed by atoms with Crippen LogP contribution < -0.4 is 16.3 Å². The number of nitrogens with two attached hydrogens (primary N) is 2. The molecular weight excluding hydrogens is 344 g/mol. The van der Waals surface area contributed by atoms with Crippen molar-refractivity contribution in [3.63, 3.8) is 0 Å². The summed E-state index contributed by atoms with van der Waals surface area (Å²) in [5, 5.41) is 4.01. The fourth-order valence-corrected chi connectivity index (χ4v) is 4.81. The largest absolute Gasteiger partial charge is 0.499 e. The van der Waals surface area contributed by atoms with Gasteiger partial charge in [-0.2, -0.15) is 5.10 Å². The van der Waals surface area contributed by atoms with Crippen LogP contribution in [0.5, 0.6) is 0 Å². The minimum absolute atomic E-state index is 0.0260. The molecule has 2 aliphatic rings. The third-order valence-corrected chi connectivity index (χ3v) is 6.67. The van der Waals surface area contributed by atoms with Gasteiger partial charge < -0.3 is 16.3 Å². The lowest BCUT2D eigenvalue weighted by Crippen LogP contribution is -2.29. The molecule has 26 heavy (non-hydrogen) atoms. The summed E-state index contributed by atoms with van der Waals surface area (Å²) in [5.74, 6) is 5.94. The fourth-order valence-electron chi connectivity index (χ4n) is 3.69. The first-order valence-corrected chi connectivity index (χ1v) is 9.92. The van der Waals surface area contributed by atoms with E-state index in [2.05, 4.69) is 48.4 Å². The van der Waals surface area contributed by atoms with Crippen molar-refractivity contribution >= 4 is 23.4 Å². The van der Waals surface area contributed by atoms with Crippen LogP contribution in [0.2, 0.25) is 0 Å². The predicted molar refractivity (Wildman–Crippen MR) is 109 cm³/mol. The van der Waals surface area contributed by atoms with Crippen LogP contribution in [0.1, 0.15) is 50.7 Å². The van der Waals surface area contributed by atoms with Gasteiger partial charge in [-0.05, 0) is 73.9 Å². The topological polar surface area (TPSA) is 85.7 Å². The number of nitrogens with zero attached hydrogens (tertiary/aromatic N) is 1. The van der Waals surface area contributed by atoms with Crippen LogP contribution in [-0.2, 0) is 10.3 Å². The van der Waals surface area contributed by atoms with Gasteiger partial charge in [0.25, 0.3) is 0 Å². The molecule has 3 unspecified atom stereocenters. The Morgan fingerprint density at radius 1 is 1.50 bits per heavy atom. The molecule has 140 valence electrons. The zero-order valence-electron chi connectivity index (χ0n) is 15.5. The number of ether oxygens (including phenoxy) is 1. The summed E-state index contributed by atoms with van der Waals surface area (Å²) in [6, 6.07) is 6.38. The molecule has 0 amide bonds. The molecule has 3 atom stereocenters. The molecule has 1 aromatic rings. The maximum absolute atomic E-state index is 6.41. The van der Waals surface area contributed by atoms with Crippen LogP contribution in [0.25, 0.3) is 5.70 Å². The van der Waals surface area contributed by atoms with Crippen molar-refractivity contribution in [2.24, 2.45) is 22.6 Å². The monoisotopic (exact) mass is 372 g/mol. The predicted octanol–water partition coefficient (Wildman–Crippen LogP) is 3.87. The summed E-state index contributed by atoms with van der Waals surface area (Å²) in [6.45, 7) is 8.05. The van der Waals surface area contributed by atoms with Gasteiger partial charge >= 0.3 is 0 Å². The molecule has 1 heterocycles. The summed E-state index contributed by atoms with van der Waals surface area (Å²) in [6.07, 6.45) is 7.51. The Hall–Kier alpha value is -1.92. The third kappa shape index (κ3) is 3.62. The molecule has 0 aromatic heterocycles. The lowest BCUT2D eigenvalue weighted by Gasteiger charge is -2.23. The van der Waals surface area contributed by atoms with Gasteiger partial charge in [-0.1, -0.05) is 19.6 Å². The van der Waals surface area contributed by atoms with Crippen molar-refractivity contribution in [2.45, 2.75) is 56.1 Å². The van der Waals surface area contributed by atoms with Crippen molar-refractivity contribution < 1.29 is 4.74 Å². The summed E-state index contributed by atoms with van der Waals surface area (Å²) in [4.78, 5) is 1.26. The smallest absolute Gasteiger partial charge is 0.0984 e. The lowest BCUT2D eigenvalue weighted by atomic mass is 9.89. The maximum atomic E-state index is 6.41. The summed E-state index contributed by atoms with van der Waals surface area (Å²) in [7, 11) is 0. The number of fused-ring (bicyclic) bond motifs is 1. The molecule has 1 aromatic carbocycles. The van der Waals surface area contributed by atoms with E-state index in [-0.39, 0.29) is 17.6 Å². The zero-order valence-corrected chi connectivity index (χ0v) is 16.3. The van der Waals surface area contributed by atoms with Crippen molar-refractivity contribution in [3.8, 4) is 0 Å². The number of hydrazone groups is 1. The standard InChI is InChI=1S/C20H28N4OS/c1-4-20(3)16-11-13(7-9-19(16)26-24-20)17(21)12-18(23-22)14-6-8-15(10-14)25-5-2/h5,7,9,11-12,14-15,24H,2,4,6,8,10,21-22H2,1,3H3/b17-12+,23-18+. The Bertz CT molecular complexity index is 745. The second-order valence-corrected chi connectivity index (χ2v) is 8.04. The molecular formula is C20H28N4OS. The molecule has 1 aliphatic heterocycles.